The Labute approximate surface area is 153 Å². The van der Waals surface area contributed by atoms with Gasteiger partial charge in [-0.25, -0.2) is 0 Å². The van der Waals surface area contributed by atoms with Crippen molar-refractivity contribution < 1.29 is 0 Å². The Kier molecular flexibility index (Phi) is 5.00. The summed E-state index contributed by atoms with van der Waals surface area (Å²) in [5.74, 6) is 1.82. The molecule has 1 fully saturated rings. The molecule has 0 atom stereocenters. The van der Waals surface area contributed by atoms with Crippen molar-refractivity contribution in [3.8, 4) is 11.4 Å². The van der Waals surface area contributed by atoms with Crippen molar-refractivity contribution in [2.24, 2.45) is 0 Å². The third-order valence-electron chi connectivity index (χ3n) is 4.54. The molecule has 0 saturated heterocycles. The minimum Gasteiger partial charge on any atom is -0.351 e. The molecule has 2 aromatic heterocycles. The summed E-state index contributed by atoms with van der Waals surface area (Å²) in [6.45, 7) is 0. The molecule has 0 aliphatic heterocycles. The minimum atomic E-state index is 0.434. The average Bonchev–Trinajstić information content (AvgIpc) is 2.70. The molecule has 1 aliphatic rings. The van der Waals surface area contributed by atoms with E-state index >= 15 is 0 Å². The fraction of sp³-hybridized carbons (Fsp3) is 0.300. The first-order chi connectivity index (χ1) is 12.9. The number of nitrogens with one attached hydrogen (secondary N) is 2. The molecule has 2 heterocycles. The Morgan fingerprint density at radius 2 is 1.50 bits per heavy atom. The van der Waals surface area contributed by atoms with Crippen molar-refractivity contribution in [1.82, 2.24) is 19.9 Å². The van der Waals surface area contributed by atoms with E-state index in [1.807, 2.05) is 42.5 Å². The normalized spacial score (nSPS) is 14.8. The highest BCUT2D eigenvalue weighted by Crippen LogP contribution is 2.23. The second-order valence-corrected chi connectivity index (χ2v) is 6.51. The van der Waals surface area contributed by atoms with Crippen molar-refractivity contribution in [2.45, 2.75) is 38.1 Å². The Morgan fingerprint density at radius 3 is 2.27 bits per heavy atom. The Balaban J connectivity index is 1.64. The van der Waals surface area contributed by atoms with Crippen LogP contribution in [0.5, 0.6) is 0 Å². The van der Waals surface area contributed by atoms with Gasteiger partial charge >= 0.3 is 0 Å². The zero-order valence-corrected chi connectivity index (χ0v) is 14.6. The van der Waals surface area contributed by atoms with Gasteiger partial charge in [0.05, 0.1) is 0 Å². The van der Waals surface area contributed by atoms with Crippen molar-refractivity contribution in [2.75, 3.05) is 10.6 Å². The number of benzene rings is 1. The van der Waals surface area contributed by atoms with Gasteiger partial charge in [0.25, 0.3) is 0 Å². The average molecular weight is 346 g/mol. The lowest BCUT2D eigenvalue weighted by molar-refractivity contribution is 0.461. The topological polar surface area (TPSA) is 75.6 Å². The van der Waals surface area contributed by atoms with Crippen LogP contribution in [0.15, 0.2) is 54.9 Å². The fourth-order valence-electron chi connectivity index (χ4n) is 3.21. The molecule has 6 nitrogen and oxygen atoms in total. The zero-order chi connectivity index (χ0) is 17.6. The van der Waals surface area contributed by atoms with Crippen LogP contribution in [0.3, 0.4) is 0 Å². The summed E-state index contributed by atoms with van der Waals surface area (Å²) in [5.41, 5.74) is 1.87. The standard InChI is InChI=1S/C20H22N6/c1-3-7-15(8-4-1)18-24-19(22-16-9-5-2-6-10-16)26-20(25-18)23-17-11-13-21-14-12-17/h1,3-4,7-8,11-14,16H,2,5-6,9-10H2,(H2,21,22,23,24,25,26). The Bertz CT molecular complexity index is 831. The van der Waals surface area contributed by atoms with Crippen LogP contribution in [0, 0.1) is 0 Å². The quantitative estimate of drug-likeness (QED) is 0.712. The van der Waals surface area contributed by atoms with Gasteiger partial charge in [-0.3, -0.25) is 4.98 Å². The van der Waals surface area contributed by atoms with Crippen LogP contribution in [-0.4, -0.2) is 26.0 Å². The second-order valence-electron chi connectivity index (χ2n) is 6.51. The van der Waals surface area contributed by atoms with E-state index in [2.05, 4.69) is 30.6 Å². The molecule has 6 heteroatoms. The van der Waals surface area contributed by atoms with Gasteiger partial charge in [-0.05, 0) is 25.0 Å². The van der Waals surface area contributed by atoms with Crippen molar-refractivity contribution in [1.29, 1.82) is 0 Å². The van der Waals surface area contributed by atoms with Gasteiger partial charge in [0.1, 0.15) is 0 Å². The smallest absolute Gasteiger partial charge is 0.232 e. The van der Waals surface area contributed by atoms with Crippen LogP contribution < -0.4 is 10.6 Å². The van der Waals surface area contributed by atoms with Gasteiger partial charge in [0, 0.05) is 29.7 Å². The van der Waals surface area contributed by atoms with E-state index in [0.717, 1.165) is 11.3 Å². The molecule has 0 spiro atoms. The van der Waals surface area contributed by atoms with Crippen LogP contribution in [0.4, 0.5) is 17.6 Å². The maximum Gasteiger partial charge on any atom is 0.232 e. The second kappa shape index (κ2) is 7.91. The summed E-state index contributed by atoms with van der Waals surface area (Å²) in [4.78, 5) is 17.9. The van der Waals surface area contributed by atoms with Crippen molar-refractivity contribution in [3.63, 3.8) is 0 Å². The lowest BCUT2D eigenvalue weighted by Gasteiger charge is -2.23. The van der Waals surface area contributed by atoms with E-state index in [1.165, 1.54) is 32.1 Å². The first-order valence-corrected chi connectivity index (χ1v) is 9.12. The summed E-state index contributed by atoms with van der Waals surface area (Å²) in [6, 6.07) is 14.2. The minimum absolute atomic E-state index is 0.434. The van der Waals surface area contributed by atoms with E-state index in [9.17, 15) is 0 Å². The predicted octanol–water partition coefficient (Wildman–Crippen LogP) is 4.42. The summed E-state index contributed by atoms with van der Waals surface area (Å²) in [5, 5.41) is 6.75. The van der Waals surface area contributed by atoms with Gasteiger partial charge in [-0.15, -0.1) is 0 Å². The highest BCUT2D eigenvalue weighted by atomic mass is 15.2. The van der Waals surface area contributed by atoms with Crippen LogP contribution in [-0.2, 0) is 0 Å². The van der Waals surface area contributed by atoms with Gasteiger partial charge in [0.2, 0.25) is 11.9 Å². The van der Waals surface area contributed by atoms with E-state index in [4.69, 9.17) is 0 Å². The van der Waals surface area contributed by atoms with Crippen LogP contribution in [0.25, 0.3) is 11.4 Å². The van der Waals surface area contributed by atoms with E-state index in [-0.39, 0.29) is 0 Å². The first kappa shape index (κ1) is 16.4. The summed E-state index contributed by atoms with van der Waals surface area (Å²) < 4.78 is 0. The zero-order valence-electron chi connectivity index (χ0n) is 14.6. The van der Waals surface area contributed by atoms with E-state index in [0.29, 0.717) is 23.8 Å². The highest BCUT2D eigenvalue weighted by Gasteiger charge is 2.16. The molecule has 0 bridgehead atoms. The molecule has 1 aromatic carbocycles. The summed E-state index contributed by atoms with van der Waals surface area (Å²) >= 11 is 0. The Morgan fingerprint density at radius 1 is 0.769 bits per heavy atom. The summed E-state index contributed by atoms with van der Waals surface area (Å²) in [7, 11) is 0. The van der Waals surface area contributed by atoms with Crippen LogP contribution in [0.2, 0.25) is 0 Å². The molecule has 0 amide bonds. The van der Waals surface area contributed by atoms with Gasteiger partial charge in [0.15, 0.2) is 5.82 Å². The number of aromatic nitrogens is 4. The number of hydrogen-bond donors (Lipinski definition) is 2. The molecular weight excluding hydrogens is 324 g/mol. The van der Waals surface area contributed by atoms with Crippen LogP contribution in [0.1, 0.15) is 32.1 Å². The lowest BCUT2D eigenvalue weighted by atomic mass is 9.96. The third-order valence-corrected chi connectivity index (χ3v) is 4.54. The number of pyridine rings is 1. The molecule has 2 N–H and O–H groups in total. The molecular formula is C20H22N6. The molecule has 1 saturated carbocycles. The SMILES string of the molecule is c1ccc(-c2nc(Nc3ccncc3)nc(NC3CCCCC3)n2)cc1. The predicted molar refractivity (Wildman–Crippen MR) is 103 cm³/mol. The molecule has 132 valence electrons. The highest BCUT2D eigenvalue weighted by molar-refractivity contribution is 5.60. The van der Waals surface area contributed by atoms with Crippen LogP contribution >= 0.6 is 0 Å². The molecule has 1 aliphatic carbocycles. The van der Waals surface area contributed by atoms with Crippen molar-refractivity contribution in [3.05, 3.63) is 54.9 Å². The number of hydrogen-bond acceptors (Lipinski definition) is 6. The molecule has 0 radical (unpaired) electrons. The molecule has 4 rings (SSSR count). The summed E-state index contributed by atoms with van der Waals surface area (Å²) in [6.07, 6.45) is 9.65. The van der Waals surface area contributed by atoms with Gasteiger partial charge in [-0.2, -0.15) is 15.0 Å². The maximum atomic E-state index is 4.65. The van der Waals surface area contributed by atoms with Gasteiger partial charge < -0.3 is 10.6 Å². The fourth-order valence-corrected chi connectivity index (χ4v) is 3.21. The Hall–Kier alpha value is -3.02. The number of anilines is 3. The first-order valence-electron chi connectivity index (χ1n) is 9.12. The van der Waals surface area contributed by atoms with Crippen molar-refractivity contribution >= 4 is 17.6 Å². The van der Waals surface area contributed by atoms with E-state index in [1.54, 1.807) is 12.4 Å². The number of nitrogens with zero attached hydrogens (tertiary/aromatic N) is 4. The lowest BCUT2D eigenvalue weighted by Crippen LogP contribution is -2.24. The third kappa shape index (κ3) is 4.14. The maximum absolute atomic E-state index is 4.65. The largest absolute Gasteiger partial charge is 0.351 e. The molecule has 26 heavy (non-hydrogen) atoms. The van der Waals surface area contributed by atoms with Gasteiger partial charge in [-0.1, -0.05) is 49.6 Å². The number of rotatable bonds is 5. The monoisotopic (exact) mass is 346 g/mol. The molecule has 0 unspecified atom stereocenters. The molecule has 3 aromatic rings. The van der Waals surface area contributed by atoms with E-state index < -0.39 is 0 Å².